The number of anilines is 1. The van der Waals surface area contributed by atoms with E-state index in [-0.39, 0.29) is 17.9 Å². The number of carboxylic acids is 2. The Labute approximate surface area is 207 Å². The summed E-state index contributed by atoms with van der Waals surface area (Å²) < 4.78 is 8.74. The number of carbonyl (C=O) groups excluding carboxylic acids is 1. The molecule has 1 aliphatic carbocycles. The monoisotopic (exact) mass is 482 g/mol. The number of hydrogen-bond acceptors (Lipinski definition) is 5. The minimum Gasteiger partial charge on any atom is -0.545 e. The van der Waals surface area contributed by atoms with Gasteiger partial charge in [-0.25, -0.2) is 4.58 Å². The Kier molecular flexibility index (Phi) is 5.29. The Bertz CT molecular complexity index is 1560. The van der Waals surface area contributed by atoms with E-state index in [1.165, 1.54) is 0 Å². The second-order valence-electron chi connectivity index (χ2n) is 10.1. The molecule has 7 heteroatoms. The van der Waals surface area contributed by atoms with E-state index in [2.05, 4.69) is 22.5 Å². The first-order valence-corrected chi connectivity index (χ1v) is 12.2. The van der Waals surface area contributed by atoms with Gasteiger partial charge in [0.1, 0.15) is 11.3 Å². The summed E-state index contributed by atoms with van der Waals surface area (Å²) in [7, 11) is 0. The Hall–Kier alpha value is -4.13. The van der Waals surface area contributed by atoms with Crippen LogP contribution < -0.4 is 19.9 Å². The molecule has 4 aliphatic rings. The molecule has 2 aromatic carbocycles. The molecule has 7 nitrogen and oxygen atoms in total. The lowest BCUT2D eigenvalue weighted by Gasteiger charge is -2.40. The minimum absolute atomic E-state index is 0.135. The molecule has 36 heavy (non-hydrogen) atoms. The van der Waals surface area contributed by atoms with E-state index in [1.807, 2.05) is 42.5 Å². The fraction of sp³-hybridized carbons (Fsp3) is 0.276. The normalized spacial score (nSPS) is 17.8. The van der Waals surface area contributed by atoms with Gasteiger partial charge in [0, 0.05) is 58.9 Å². The molecule has 182 valence electrons. The Morgan fingerprint density at radius 2 is 1.83 bits per heavy atom. The third-order valence-corrected chi connectivity index (χ3v) is 7.32. The molecule has 0 spiro atoms. The van der Waals surface area contributed by atoms with Crippen molar-refractivity contribution in [1.82, 2.24) is 4.58 Å². The molecule has 3 heterocycles. The van der Waals surface area contributed by atoms with Crippen LogP contribution in [-0.2, 0) is 4.79 Å². The van der Waals surface area contributed by atoms with Gasteiger partial charge in [-0.05, 0) is 23.8 Å². The molecular weight excluding hydrogens is 456 g/mol. The molecular formula is C29H26N2O5. The molecule has 0 saturated carbocycles. The zero-order chi connectivity index (χ0) is 25.0. The summed E-state index contributed by atoms with van der Waals surface area (Å²) in [6, 6.07) is 18.9. The zero-order valence-corrected chi connectivity index (χ0v) is 19.9. The third kappa shape index (κ3) is 3.81. The fourth-order valence-corrected chi connectivity index (χ4v) is 5.50. The van der Waals surface area contributed by atoms with Crippen molar-refractivity contribution in [1.29, 1.82) is 0 Å². The lowest BCUT2D eigenvalue weighted by molar-refractivity contribution is -0.254. The van der Waals surface area contributed by atoms with E-state index in [0.29, 0.717) is 35.9 Å². The average molecular weight is 483 g/mol. The molecule has 6 rings (SSSR count). The van der Waals surface area contributed by atoms with Crippen molar-refractivity contribution in [3.63, 3.8) is 0 Å². The van der Waals surface area contributed by atoms with Crippen LogP contribution in [-0.4, -0.2) is 43.2 Å². The summed E-state index contributed by atoms with van der Waals surface area (Å²) in [6.07, 6.45) is 0.168. The molecule has 0 amide bonds. The molecule has 3 aliphatic heterocycles. The molecule has 2 aromatic rings. The van der Waals surface area contributed by atoms with Crippen LogP contribution in [0.15, 0.2) is 65.1 Å². The highest BCUT2D eigenvalue weighted by Gasteiger charge is 2.30. The Balaban J connectivity index is 1.54. The number of hydrogen-bond donors (Lipinski definition) is 1. The van der Waals surface area contributed by atoms with Crippen molar-refractivity contribution < 1.29 is 24.2 Å². The first kappa shape index (κ1) is 22.3. The largest absolute Gasteiger partial charge is 0.545 e. The van der Waals surface area contributed by atoms with Crippen molar-refractivity contribution in [2.75, 3.05) is 31.1 Å². The first-order chi connectivity index (χ1) is 17.4. The van der Waals surface area contributed by atoms with E-state index < -0.39 is 11.9 Å². The van der Waals surface area contributed by atoms with Gasteiger partial charge in [0.05, 0.1) is 24.4 Å². The molecule has 0 aromatic heterocycles. The number of benzene rings is 3. The van der Waals surface area contributed by atoms with Crippen molar-refractivity contribution in [2.24, 2.45) is 11.8 Å². The van der Waals surface area contributed by atoms with Gasteiger partial charge in [0.15, 0.2) is 13.1 Å². The van der Waals surface area contributed by atoms with E-state index in [4.69, 9.17) is 9.52 Å². The molecule has 0 radical (unpaired) electrons. The number of carbonyl (C=O) groups is 2. The van der Waals surface area contributed by atoms with Crippen LogP contribution in [0.2, 0.25) is 0 Å². The van der Waals surface area contributed by atoms with Gasteiger partial charge >= 0.3 is 5.97 Å². The van der Waals surface area contributed by atoms with Crippen LogP contribution in [0.25, 0.3) is 33.4 Å². The molecule has 0 atom stereocenters. The summed E-state index contributed by atoms with van der Waals surface area (Å²) in [5.74, 6) is -0.515. The van der Waals surface area contributed by atoms with Crippen LogP contribution in [0, 0.1) is 11.8 Å². The maximum atomic E-state index is 12.0. The number of nitrogens with zero attached hydrogens (tertiary/aromatic N) is 2. The van der Waals surface area contributed by atoms with Crippen LogP contribution >= 0.6 is 0 Å². The second-order valence-corrected chi connectivity index (χ2v) is 10.1. The van der Waals surface area contributed by atoms with Gasteiger partial charge in [-0.3, -0.25) is 4.79 Å². The van der Waals surface area contributed by atoms with Crippen molar-refractivity contribution in [2.45, 2.75) is 13.3 Å². The van der Waals surface area contributed by atoms with Gasteiger partial charge in [-0.15, -0.1) is 0 Å². The quantitative estimate of drug-likeness (QED) is 0.347. The molecule has 2 saturated heterocycles. The highest BCUT2D eigenvalue weighted by Crippen LogP contribution is 2.42. The van der Waals surface area contributed by atoms with Crippen molar-refractivity contribution in [3.05, 3.63) is 71.6 Å². The smallest absolute Gasteiger partial charge is 0.303 e. The van der Waals surface area contributed by atoms with Gasteiger partial charge in [0.2, 0.25) is 5.36 Å². The van der Waals surface area contributed by atoms with Crippen molar-refractivity contribution in [3.8, 4) is 22.5 Å². The number of carboxylic acid groups (broad SMARTS) is 2. The molecule has 0 bridgehead atoms. The number of fused-ring (bicyclic) bond motifs is 2. The van der Waals surface area contributed by atoms with Crippen LogP contribution in [0.1, 0.15) is 23.7 Å². The Morgan fingerprint density at radius 1 is 1.06 bits per heavy atom. The summed E-state index contributed by atoms with van der Waals surface area (Å²) in [5.41, 5.74) is 3.97. The van der Waals surface area contributed by atoms with Gasteiger partial charge < -0.3 is 24.3 Å². The van der Waals surface area contributed by atoms with Gasteiger partial charge in [0.25, 0.3) is 0 Å². The first-order valence-electron chi connectivity index (χ1n) is 12.2. The molecule has 2 fully saturated rings. The minimum atomic E-state index is -1.22. The highest BCUT2D eigenvalue weighted by molar-refractivity contribution is 6.07. The fourth-order valence-electron chi connectivity index (χ4n) is 5.50. The zero-order valence-electron chi connectivity index (χ0n) is 19.9. The third-order valence-electron chi connectivity index (χ3n) is 7.32. The highest BCUT2D eigenvalue weighted by atomic mass is 16.4. The van der Waals surface area contributed by atoms with Crippen LogP contribution in [0.5, 0.6) is 0 Å². The maximum absolute atomic E-state index is 12.0. The summed E-state index contributed by atoms with van der Waals surface area (Å²) in [5, 5.41) is 23.0. The van der Waals surface area contributed by atoms with Gasteiger partial charge in [-0.1, -0.05) is 31.2 Å². The molecule has 1 N–H and O–H groups in total. The SMILES string of the molecule is CC1C[N+](=c2ccc3c(-c4ccccc4C(=O)[O-])c4ccc(N5CC(CC(=O)O)C5)cc4oc-3c2)C1. The number of aromatic carboxylic acids is 1. The number of rotatable bonds is 5. The summed E-state index contributed by atoms with van der Waals surface area (Å²) in [6.45, 7) is 5.58. The predicted molar refractivity (Wildman–Crippen MR) is 135 cm³/mol. The van der Waals surface area contributed by atoms with Crippen LogP contribution in [0.4, 0.5) is 5.69 Å². The van der Waals surface area contributed by atoms with E-state index in [9.17, 15) is 14.7 Å². The lowest BCUT2D eigenvalue weighted by Crippen LogP contribution is -2.47. The summed E-state index contributed by atoms with van der Waals surface area (Å²) in [4.78, 5) is 25.2. The van der Waals surface area contributed by atoms with E-state index in [0.717, 1.165) is 40.6 Å². The molecule has 0 unspecified atom stereocenters. The predicted octanol–water partition coefficient (Wildman–Crippen LogP) is 2.90. The lowest BCUT2D eigenvalue weighted by atomic mass is 9.90. The second kappa shape index (κ2) is 8.52. The standard InChI is InChI=1S/C29H26N2O5/c1-17-13-30(14-17)19-6-8-23-25(11-19)36-26-12-20(31-15-18(16-31)10-27(32)33)7-9-24(26)28(23)21-4-2-3-5-22(21)29(34)35/h2-9,11-12,17-18H,10,13-16H2,1H3,(H-,32,33,34,35). The topological polar surface area (TPSA) is 96.8 Å². The van der Waals surface area contributed by atoms with E-state index >= 15 is 0 Å². The number of aliphatic carboxylic acids is 1. The van der Waals surface area contributed by atoms with Crippen molar-refractivity contribution >= 4 is 28.6 Å². The summed E-state index contributed by atoms with van der Waals surface area (Å²) >= 11 is 0. The Morgan fingerprint density at radius 3 is 2.56 bits per heavy atom. The average Bonchev–Trinajstić information content (AvgIpc) is 2.81. The van der Waals surface area contributed by atoms with Crippen LogP contribution in [0.3, 0.4) is 0 Å². The maximum Gasteiger partial charge on any atom is 0.303 e. The van der Waals surface area contributed by atoms with E-state index in [1.54, 1.807) is 12.1 Å². The van der Waals surface area contributed by atoms with Gasteiger partial charge in [-0.2, -0.15) is 0 Å².